The molecule has 1 aromatic carbocycles. The molecule has 3 heteroatoms. The van der Waals surface area contributed by atoms with Gasteiger partial charge in [-0.2, -0.15) is 0 Å². The lowest BCUT2D eigenvalue weighted by Crippen LogP contribution is -2.10. The lowest BCUT2D eigenvalue weighted by Gasteiger charge is -2.04. The zero-order valence-electron chi connectivity index (χ0n) is 8.73. The maximum atomic E-state index is 5.44. The maximum Gasteiger partial charge on any atom is 0.282 e. The first-order valence-electron chi connectivity index (χ1n) is 5.34. The highest BCUT2D eigenvalue weighted by Crippen LogP contribution is 2.11. The quantitative estimate of drug-likeness (QED) is 0.811. The van der Waals surface area contributed by atoms with Crippen molar-refractivity contribution in [1.82, 2.24) is 0 Å². The molecular formula is C12H16N2O. The Morgan fingerprint density at radius 1 is 1.33 bits per heavy atom. The van der Waals surface area contributed by atoms with Gasteiger partial charge in [0, 0.05) is 0 Å². The maximum absolute atomic E-state index is 5.44. The molecule has 1 aliphatic rings. The Hall–Kier alpha value is -1.51. The van der Waals surface area contributed by atoms with Crippen molar-refractivity contribution in [3.8, 4) is 0 Å². The third kappa shape index (κ3) is 2.98. The van der Waals surface area contributed by atoms with Crippen LogP contribution in [0.3, 0.4) is 0 Å². The van der Waals surface area contributed by atoms with E-state index >= 15 is 0 Å². The number of ether oxygens (including phenoxy) is 1. The highest BCUT2D eigenvalue weighted by molar-refractivity contribution is 5.72. The van der Waals surface area contributed by atoms with Crippen LogP contribution in [0.5, 0.6) is 0 Å². The molecule has 1 aliphatic heterocycles. The van der Waals surface area contributed by atoms with Crippen molar-refractivity contribution in [1.29, 1.82) is 0 Å². The lowest BCUT2D eigenvalue weighted by atomic mass is 10.1. The number of hydrogen-bond acceptors (Lipinski definition) is 3. The van der Waals surface area contributed by atoms with Gasteiger partial charge in [-0.1, -0.05) is 30.3 Å². The fourth-order valence-electron chi connectivity index (χ4n) is 1.77. The second-order valence-electron chi connectivity index (χ2n) is 3.81. The van der Waals surface area contributed by atoms with Crippen LogP contribution >= 0.6 is 0 Å². The van der Waals surface area contributed by atoms with Gasteiger partial charge in [0.1, 0.15) is 6.61 Å². The first-order chi connectivity index (χ1) is 7.34. The predicted molar refractivity (Wildman–Crippen MR) is 60.7 cm³/mol. The number of rotatable bonds is 4. The lowest BCUT2D eigenvalue weighted by molar-refractivity contribution is 0.306. The van der Waals surface area contributed by atoms with Gasteiger partial charge in [-0.25, -0.2) is 4.99 Å². The topological polar surface area (TPSA) is 47.6 Å². The Morgan fingerprint density at radius 2 is 2.13 bits per heavy atom. The van der Waals surface area contributed by atoms with Gasteiger partial charge < -0.3 is 10.5 Å². The van der Waals surface area contributed by atoms with E-state index in [1.165, 1.54) is 5.56 Å². The molecule has 0 amide bonds. The van der Waals surface area contributed by atoms with Crippen molar-refractivity contribution < 1.29 is 4.74 Å². The monoisotopic (exact) mass is 204 g/mol. The van der Waals surface area contributed by atoms with E-state index in [1.54, 1.807) is 0 Å². The Balaban J connectivity index is 1.72. The molecule has 0 saturated carbocycles. The first kappa shape index (κ1) is 10.0. The SMILES string of the molecule is NC1=NC(CCCc2ccccc2)CO1. The summed E-state index contributed by atoms with van der Waals surface area (Å²) in [6.45, 7) is 0.653. The van der Waals surface area contributed by atoms with Crippen molar-refractivity contribution in [3.63, 3.8) is 0 Å². The highest BCUT2D eigenvalue weighted by Gasteiger charge is 2.15. The van der Waals surface area contributed by atoms with E-state index in [9.17, 15) is 0 Å². The Kier molecular flexibility index (Phi) is 3.22. The number of aliphatic imine (C=N–C) groups is 1. The largest absolute Gasteiger partial charge is 0.463 e. The summed E-state index contributed by atoms with van der Waals surface area (Å²) >= 11 is 0. The number of nitrogens with two attached hydrogens (primary N) is 1. The summed E-state index contributed by atoms with van der Waals surface area (Å²) in [4.78, 5) is 4.19. The zero-order valence-corrected chi connectivity index (χ0v) is 8.73. The van der Waals surface area contributed by atoms with Gasteiger partial charge in [0.25, 0.3) is 6.02 Å². The Labute approximate surface area is 90.0 Å². The average molecular weight is 204 g/mol. The first-order valence-corrected chi connectivity index (χ1v) is 5.34. The molecule has 1 heterocycles. The fourth-order valence-corrected chi connectivity index (χ4v) is 1.77. The van der Waals surface area contributed by atoms with Gasteiger partial charge in [0.15, 0.2) is 0 Å². The molecule has 1 atom stereocenters. The molecule has 2 rings (SSSR count). The number of benzene rings is 1. The normalized spacial score (nSPS) is 19.7. The zero-order chi connectivity index (χ0) is 10.5. The Morgan fingerprint density at radius 3 is 2.80 bits per heavy atom. The summed E-state index contributed by atoms with van der Waals surface area (Å²) in [7, 11) is 0. The van der Waals surface area contributed by atoms with Gasteiger partial charge in [-0.05, 0) is 24.8 Å². The molecule has 15 heavy (non-hydrogen) atoms. The molecule has 0 aliphatic carbocycles. The summed E-state index contributed by atoms with van der Waals surface area (Å²) in [5, 5.41) is 0. The second-order valence-corrected chi connectivity index (χ2v) is 3.81. The van der Waals surface area contributed by atoms with Gasteiger partial charge >= 0.3 is 0 Å². The van der Waals surface area contributed by atoms with E-state index in [0.717, 1.165) is 19.3 Å². The van der Waals surface area contributed by atoms with E-state index in [-0.39, 0.29) is 6.04 Å². The number of aryl methyl sites for hydroxylation is 1. The number of hydrogen-bond donors (Lipinski definition) is 1. The number of nitrogens with zero attached hydrogens (tertiary/aromatic N) is 1. The molecule has 0 radical (unpaired) electrons. The van der Waals surface area contributed by atoms with E-state index in [0.29, 0.717) is 12.6 Å². The summed E-state index contributed by atoms with van der Waals surface area (Å²) in [6, 6.07) is 11.1. The second kappa shape index (κ2) is 4.82. The van der Waals surface area contributed by atoms with Crippen LogP contribution in [0.4, 0.5) is 0 Å². The van der Waals surface area contributed by atoms with Gasteiger partial charge in [-0.15, -0.1) is 0 Å². The van der Waals surface area contributed by atoms with E-state index in [4.69, 9.17) is 10.5 Å². The molecule has 0 spiro atoms. The molecule has 80 valence electrons. The fraction of sp³-hybridized carbons (Fsp3) is 0.417. The van der Waals surface area contributed by atoms with Crippen molar-refractivity contribution >= 4 is 6.02 Å². The van der Waals surface area contributed by atoms with Crippen molar-refractivity contribution in [2.75, 3.05) is 6.61 Å². The molecule has 0 bridgehead atoms. The minimum atomic E-state index is 0.272. The van der Waals surface area contributed by atoms with Crippen molar-refractivity contribution in [3.05, 3.63) is 35.9 Å². The molecule has 1 unspecified atom stereocenters. The van der Waals surface area contributed by atoms with Gasteiger partial charge in [0.2, 0.25) is 0 Å². The highest BCUT2D eigenvalue weighted by atomic mass is 16.5. The summed E-state index contributed by atoms with van der Waals surface area (Å²) in [5.74, 6) is 0. The minimum absolute atomic E-state index is 0.272. The van der Waals surface area contributed by atoms with Crippen LogP contribution in [0.2, 0.25) is 0 Å². The molecule has 1 aromatic rings. The molecular weight excluding hydrogens is 188 g/mol. The average Bonchev–Trinajstić information content (AvgIpc) is 2.66. The summed E-state index contributed by atoms with van der Waals surface area (Å²) in [6.07, 6.45) is 3.29. The standard InChI is InChI=1S/C12H16N2O/c13-12-14-11(9-15-12)8-4-7-10-5-2-1-3-6-10/h1-3,5-6,11H,4,7-9H2,(H2,13,14). The van der Waals surface area contributed by atoms with Crippen LogP contribution in [0.1, 0.15) is 18.4 Å². The number of amidine groups is 1. The van der Waals surface area contributed by atoms with Crippen LogP contribution in [0, 0.1) is 0 Å². The van der Waals surface area contributed by atoms with Crippen molar-refractivity contribution in [2.24, 2.45) is 10.7 Å². The van der Waals surface area contributed by atoms with Crippen LogP contribution < -0.4 is 5.73 Å². The van der Waals surface area contributed by atoms with Crippen LogP contribution in [-0.4, -0.2) is 18.7 Å². The van der Waals surface area contributed by atoms with E-state index in [2.05, 4.69) is 29.3 Å². The molecule has 0 fully saturated rings. The molecule has 0 saturated heterocycles. The summed E-state index contributed by atoms with van der Waals surface area (Å²) in [5.41, 5.74) is 6.82. The van der Waals surface area contributed by atoms with E-state index in [1.807, 2.05) is 6.07 Å². The molecule has 2 N–H and O–H groups in total. The smallest absolute Gasteiger partial charge is 0.282 e. The van der Waals surface area contributed by atoms with Crippen molar-refractivity contribution in [2.45, 2.75) is 25.3 Å². The molecule has 3 nitrogen and oxygen atoms in total. The Bertz CT molecular complexity index is 335. The van der Waals surface area contributed by atoms with Crippen LogP contribution in [0.25, 0.3) is 0 Å². The van der Waals surface area contributed by atoms with Crippen LogP contribution in [0.15, 0.2) is 35.3 Å². The van der Waals surface area contributed by atoms with Crippen LogP contribution in [-0.2, 0) is 11.2 Å². The molecule has 0 aromatic heterocycles. The third-order valence-electron chi connectivity index (χ3n) is 2.58. The van der Waals surface area contributed by atoms with Gasteiger partial charge in [0.05, 0.1) is 6.04 Å². The van der Waals surface area contributed by atoms with E-state index < -0.39 is 0 Å². The minimum Gasteiger partial charge on any atom is -0.463 e. The predicted octanol–water partition coefficient (Wildman–Crippen LogP) is 1.72. The third-order valence-corrected chi connectivity index (χ3v) is 2.58. The summed E-state index contributed by atoms with van der Waals surface area (Å²) < 4.78 is 5.10. The van der Waals surface area contributed by atoms with Gasteiger partial charge in [-0.3, -0.25) is 0 Å².